The highest BCUT2D eigenvalue weighted by Crippen LogP contribution is 2.30. The summed E-state index contributed by atoms with van der Waals surface area (Å²) >= 11 is 0. The maximum Gasteiger partial charge on any atom is 0.416 e. The predicted octanol–water partition coefficient (Wildman–Crippen LogP) is 3.58. The standard InChI is InChI=1S/C18H19F3N2O4/c1-26-13-7-8-14(16(9-13)27-2)23-17(25)22-10-15(24)11-3-5-12(6-4-11)18(19,20)21/h3-9,15,24H,10H2,1-2H3,(H2,22,23,25). The van der Waals surface area contributed by atoms with Crippen LogP contribution in [0, 0.1) is 0 Å². The summed E-state index contributed by atoms with van der Waals surface area (Å²) in [5.41, 5.74) is -0.166. The summed E-state index contributed by atoms with van der Waals surface area (Å²) in [7, 11) is 2.93. The van der Waals surface area contributed by atoms with Crippen molar-refractivity contribution in [1.82, 2.24) is 5.32 Å². The molecule has 0 heterocycles. The van der Waals surface area contributed by atoms with Gasteiger partial charge in [-0.3, -0.25) is 0 Å². The topological polar surface area (TPSA) is 79.8 Å². The zero-order valence-corrected chi connectivity index (χ0v) is 14.6. The number of halogens is 3. The first-order valence-electron chi connectivity index (χ1n) is 7.86. The van der Waals surface area contributed by atoms with Crippen molar-refractivity contribution in [2.24, 2.45) is 0 Å². The molecule has 0 radical (unpaired) electrons. The molecule has 0 spiro atoms. The van der Waals surface area contributed by atoms with Crippen LogP contribution in [0.15, 0.2) is 42.5 Å². The van der Waals surface area contributed by atoms with Gasteiger partial charge in [0, 0.05) is 12.6 Å². The Morgan fingerprint density at radius 2 is 1.78 bits per heavy atom. The lowest BCUT2D eigenvalue weighted by Gasteiger charge is -2.15. The fourth-order valence-electron chi connectivity index (χ4n) is 2.27. The van der Waals surface area contributed by atoms with Gasteiger partial charge in [-0.2, -0.15) is 13.2 Å². The molecule has 0 saturated carbocycles. The van der Waals surface area contributed by atoms with Crippen LogP contribution >= 0.6 is 0 Å². The van der Waals surface area contributed by atoms with E-state index in [1.807, 2.05) is 0 Å². The van der Waals surface area contributed by atoms with E-state index in [1.54, 1.807) is 18.2 Å². The van der Waals surface area contributed by atoms with Gasteiger partial charge in [0.1, 0.15) is 11.5 Å². The van der Waals surface area contributed by atoms with Crippen LogP contribution in [0.25, 0.3) is 0 Å². The lowest BCUT2D eigenvalue weighted by Crippen LogP contribution is -2.32. The highest BCUT2D eigenvalue weighted by Gasteiger charge is 2.30. The molecule has 0 saturated heterocycles. The molecule has 9 heteroatoms. The van der Waals surface area contributed by atoms with Gasteiger partial charge in [-0.1, -0.05) is 12.1 Å². The lowest BCUT2D eigenvalue weighted by atomic mass is 10.1. The van der Waals surface area contributed by atoms with Crippen molar-refractivity contribution in [3.8, 4) is 11.5 Å². The Morgan fingerprint density at radius 3 is 2.33 bits per heavy atom. The third kappa shape index (κ3) is 5.52. The number of carbonyl (C=O) groups excluding carboxylic acids is 1. The number of benzene rings is 2. The molecule has 27 heavy (non-hydrogen) atoms. The molecule has 0 aliphatic heterocycles. The van der Waals surface area contributed by atoms with Crippen molar-refractivity contribution < 1.29 is 32.5 Å². The van der Waals surface area contributed by atoms with E-state index in [0.717, 1.165) is 12.1 Å². The Balaban J connectivity index is 1.93. The number of amides is 2. The monoisotopic (exact) mass is 384 g/mol. The zero-order chi connectivity index (χ0) is 20.0. The molecule has 1 unspecified atom stereocenters. The first-order chi connectivity index (χ1) is 12.7. The normalized spacial score (nSPS) is 12.2. The smallest absolute Gasteiger partial charge is 0.416 e. The summed E-state index contributed by atoms with van der Waals surface area (Å²) in [5, 5.41) is 15.0. The minimum absolute atomic E-state index is 0.185. The van der Waals surface area contributed by atoms with E-state index in [1.165, 1.54) is 26.4 Å². The average Bonchev–Trinajstić information content (AvgIpc) is 2.65. The van der Waals surface area contributed by atoms with Gasteiger partial charge in [0.25, 0.3) is 0 Å². The molecule has 2 aromatic rings. The third-order valence-electron chi connectivity index (χ3n) is 3.74. The van der Waals surface area contributed by atoms with Crippen LogP contribution in [-0.4, -0.2) is 31.9 Å². The molecule has 2 rings (SSSR count). The van der Waals surface area contributed by atoms with Crippen LogP contribution < -0.4 is 20.1 Å². The quantitative estimate of drug-likeness (QED) is 0.711. The first kappa shape index (κ1) is 20.4. The van der Waals surface area contributed by atoms with E-state index in [-0.39, 0.29) is 12.1 Å². The Labute approximate surface area is 153 Å². The largest absolute Gasteiger partial charge is 0.497 e. The summed E-state index contributed by atoms with van der Waals surface area (Å²) in [5.74, 6) is 0.934. The number of hydrogen-bond acceptors (Lipinski definition) is 4. The lowest BCUT2D eigenvalue weighted by molar-refractivity contribution is -0.137. The molecule has 2 aromatic carbocycles. The number of nitrogens with one attached hydrogen (secondary N) is 2. The second kappa shape index (κ2) is 8.63. The van der Waals surface area contributed by atoms with Crippen LogP contribution in [0.1, 0.15) is 17.2 Å². The fourth-order valence-corrected chi connectivity index (χ4v) is 2.27. The number of urea groups is 1. The summed E-state index contributed by atoms with van der Waals surface area (Å²) in [4.78, 5) is 12.0. The number of ether oxygens (including phenoxy) is 2. The van der Waals surface area contributed by atoms with Crippen molar-refractivity contribution in [3.63, 3.8) is 0 Å². The molecule has 0 aliphatic rings. The van der Waals surface area contributed by atoms with Crippen LogP contribution in [0.5, 0.6) is 11.5 Å². The third-order valence-corrected chi connectivity index (χ3v) is 3.74. The minimum Gasteiger partial charge on any atom is -0.497 e. The number of rotatable bonds is 6. The van der Waals surface area contributed by atoms with Crippen molar-refractivity contribution in [1.29, 1.82) is 0 Å². The van der Waals surface area contributed by atoms with Crippen LogP contribution in [0.2, 0.25) is 0 Å². The van der Waals surface area contributed by atoms with Gasteiger partial charge >= 0.3 is 12.2 Å². The molecular formula is C18H19F3N2O4. The number of anilines is 1. The van der Waals surface area contributed by atoms with E-state index < -0.39 is 23.9 Å². The number of aliphatic hydroxyl groups is 1. The van der Waals surface area contributed by atoms with Crippen molar-refractivity contribution in [2.75, 3.05) is 26.1 Å². The summed E-state index contributed by atoms with van der Waals surface area (Å²) in [6.07, 6.45) is -5.60. The van der Waals surface area contributed by atoms with E-state index in [4.69, 9.17) is 9.47 Å². The number of hydrogen-bond donors (Lipinski definition) is 3. The summed E-state index contributed by atoms with van der Waals surface area (Å²) in [6.45, 7) is -0.185. The molecule has 0 fully saturated rings. The molecule has 6 nitrogen and oxygen atoms in total. The number of methoxy groups -OCH3 is 2. The van der Waals surface area contributed by atoms with Gasteiger partial charge in [0.2, 0.25) is 0 Å². The van der Waals surface area contributed by atoms with Crippen LogP contribution in [0.4, 0.5) is 23.7 Å². The van der Waals surface area contributed by atoms with Gasteiger partial charge in [0.05, 0.1) is 31.6 Å². The number of alkyl halides is 3. The Morgan fingerprint density at radius 1 is 1.11 bits per heavy atom. The van der Waals surface area contributed by atoms with Gasteiger partial charge in [-0.15, -0.1) is 0 Å². The molecule has 146 valence electrons. The molecule has 0 bridgehead atoms. The molecule has 3 N–H and O–H groups in total. The van der Waals surface area contributed by atoms with E-state index >= 15 is 0 Å². The Hall–Kier alpha value is -2.94. The fraction of sp³-hybridized carbons (Fsp3) is 0.278. The second-order valence-electron chi connectivity index (χ2n) is 5.54. The molecule has 2 amide bonds. The highest BCUT2D eigenvalue weighted by molar-refractivity contribution is 5.91. The van der Waals surface area contributed by atoms with E-state index in [9.17, 15) is 23.1 Å². The SMILES string of the molecule is COc1ccc(NC(=O)NCC(O)c2ccc(C(F)(F)F)cc2)c(OC)c1. The summed E-state index contributed by atoms with van der Waals surface area (Å²) < 4.78 is 47.9. The van der Waals surface area contributed by atoms with Crippen LogP contribution in [0.3, 0.4) is 0 Å². The van der Waals surface area contributed by atoms with Crippen LogP contribution in [-0.2, 0) is 6.18 Å². The maximum absolute atomic E-state index is 12.5. The number of carbonyl (C=O) groups is 1. The molecule has 1 atom stereocenters. The highest BCUT2D eigenvalue weighted by atomic mass is 19.4. The number of aliphatic hydroxyl groups excluding tert-OH is 1. The van der Waals surface area contributed by atoms with Gasteiger partial charge in [-0.25, -0.2) is 4.79 Å². The van der Waals surface area contributed by atoms with E-state index in [0.29, 0.717) is 17.2 Å². The Kier molecular flexibility index (Phi) is 6.51. The first-order valence-corrected chi connectivity index (χ1v) is 7.86. The zero-order valence-electron chi connectivity index (χ0n) is 14.6. The maximum atomic E-state index is 12.5. The average molecular weight is 384 g/mol. The van der Waals surface area contributed by atoms with Crippen molar-refractivity contribution in [3.05, 3.63) is 53.6 Å². The van der Waals surface area contributed by atoms with Gasteiger partial charge in [-0.05, 0) is 29.8 Å². The van der Waals surface area contributed by atoms with Crippen molar-refractivity contribution >= 4 is 11.7 Å². The predicted molar refractivity (Wildman–Crippen MR) is 93.0 cm³/mol. The molecule has 0 aliphatic carbocycles. The van der Waals surface area contributed by atoms with E-state index in [2.05, 4.69) is 10.6 Å². The Bertz CT molecular complexity index is 779. The van der Waals surface area contributed by atoms with Gasteiger partial charge in [0.15, 0.2) is 0 Å². The molecular weight excluding hydrogens is 365 g/mol. The molecule has 0 aromatic heterocycles. The minimum atomic E-state index is -4.45. The van der Waals surface area contributed by atoms with Crippen molar-refractivity contribution in [2.45, 2.75) is 12.3 Å². The summed E-state index contributed by atoms with van der Waals surface area (Å²) in [6, 6.07) is 8.29. The second-order valence-corrected chi connectivity index (χ2v) is 5.54. The van der Waals surface area contributed by atoms with Gasteiger partial charge < -0.3 is 25.2 Å².